The lowest BCUT2D eigenvalue weighted by molar-refractivity contribution is 0.480. The summed E-state index contributed by atoms with van der Waals surface area (Å²) in [7, 11) is 1.73. The minimum absolute atomic E-state index is 0.103. The van der Waals surface area contributed by atoms with Gasteiger partial charge in [0.1, 0.15) is 17.3 Å². The number of halogens is 3. The van der Waals surface area contributed by atoms with E-state index in [1.807, 2.05) is 0 Å². The van der Waals surface area contributed by atoms with E-state index < -0.39 is 17.5 Å². The van der Waals surface area contributed by atoms with Gasteiger partial charge in [0.25, 0.3) is 0 Å². The first-order chi connectivity index (χ1) is 8.11. The Hall–Kier alpha value is -1.75. The topological polar surface area (TPSA) is 25.2 Å². The quantitative estimate of drug-likeness (QED) is 0.835. The van der Waals surface area contributed by atoms with E-state index in [4.69, 9.17) is 4.42 Å². The smallest absolute Gasteiger partial charge is 0.169 e. The fourth-order valence-corrected chi connectivity index (χ4v) is 1.53. The van der Waals surface area contributed by atoms with Gasteiger partial charge in [-0.3, -0.25) is 0 Å². The van der Waals surface area contributed by atoms with Gasteiger partial charge in [-0.2, -0.15) is 0 Å². The maximum absolute atomic E-state index is 13.4. The molecule has 0 spiro atoms. The highest BCUT2D eigenvalue weighted by Gasteiger charge is 2.15. The summed E-state index contributed by atoms with van der Waals surface area (Å²) in [4.78, 5) is 0. The summed E-state index contributed by atoms with van der Waals surface area (Å²) in [5.41, 5.74) is -0.218. The monoisotopic (exact) mass is 241 g/mol. The molecule has 1 aromatic carbocycles. The van der Waals surface area contributed by atoms with Crippen LogP contribution >= 0.6 is 0 Å². The van der Waals surface area contributed by atoms with Crippen molar-refractivity contribution in [1.29, 1.82) is 0 Å². The molecule has 2 rings (SSSR count). The predicted octanol–water partition coefficient (Wildman–Crippen LogP) is 3.08. The summed E-state index contributed by atoms with van der Waals surface area (Å²) in [6.45, 7) is 0.458. The lowest BCUT2D eigenvalue weighted by Gasteiger charge is -2.01. The summed E-state index contributed by atoms with van der Waals surface area (Å²) in [5.74, 6) is -2.52. The first-order valence-electron chi connectivity index (χ1n) is 5.00. The zero-order valence-electron chi connectivity index (χ0n) is 9.06. The highest BCUT2D eigenvalue weighted by Crippen LogP contribution is 2.27. The molecule has 17 heavy (non-hydrogen) atoms. The fraction of sp³-hybridized carbons (Fsp3) is 0.167. The third kappa shape index (κ3) is 2.34. The number of hydrogen-bond acceptors (Lipinski definition) is 2. The van der Waals surface area contributed by atoms with Gasteiger partial charge in [0.2, 0.25) is 0 Å². The van der Waals surface area contributed by atoms with Crippen LogP contribution in [0, 0.1) is 17.5 Å². The molecule has 90 valence electrons. The standard InChI is InChI=1S/C12H10F3NO/c1-16-6-8-2-3-11(17-8)9-4-7(13)5-10(14)12(9)15/h2-5,16H,6H2,1H3. The van der Waals surface area contributed by atoms with Gasteiger partial charge in [-0.15, -0.1) is 0 Å². The number of benzene rings is 1. The maximum Gasteiger partial charge on any atom is 0.169 e. The van der Waals surface area contributed by atoms with E-state index in [0.717, 1.165) is 6.07 Å². The van der Waals surface area contributed by atoms with Crippen LogP contribution in [0.5, 0.6) is 0 Å². The minimum atomic E-state index is -1.23. The largest absolute Gasteiger partial charge is 0.460 e. The Morgan fingerprint density at radius 2 is 1.94 bits per heavy atom. The first-order valence-corrected chi connectivity index (χ1v) is 5.00. The van der Waals surface area contributed by atoms with E-state index in [-0.39, 0.29) is 11.3 Å². The first kappa shape index (κ1) is 11.7. The zero-order valence-corrected chi connectivity index (χ0v) is 9.06. The van der Waals surface area contributed by atoms with Gasteiger partial charge in [0.05, 0.1) is 12.1 Å². The molecule has 1 aromatic heterocycles. The summed E-state index contributed by atoms with van der Waals surface area (Å²) >= 11 is 0. The maximum atomic E-state index is 13.4. The molecule has 0 saturated heterocycles. The Balaban J connectivity index is 2.44. The van der Waals surface area contributed by atoms with E-state index in [2.05, 4.69) is 5.32 Å². The Kier molecular flexibility index (Phi) is 3.19. The van der Waals surface area contributed by atoms with Gasteiger partial charge in [0.15, 0.2) is 11.6 Å². The van der Waals surface area contributed by atoms with Crippen molar-refractivity contribution < 1.29 is 17.6 Å². The van der Waals surface area contributed by atoms with E-state index in [1.54, 1.807) is 13.1 Å². The van der Waals surface area contributed by atoms with Crippen molar-refractivity contribution in [2.45, 2.75) is 6.54 Å². The van der Waals surface area contributed by atoms with Crippen molar-refractivity contribution in [1.82, 2.24) is 5.32 Å². The van der Waals surface area contributed by atoms with Crippen LogP contribution in [-0.2, 0) is 6.54 Å². The predicted molar refractivity (Wildman–Crippen MR) is 56.8 cm³/mol. The molecule has 0 amide bonds. The van der Waals surface area contributed by atoms with E-state index >= 15 is 0 Å². The molecule has 1 N–H and O–H groups in total. The number of nitrogens with one attached hydrogen (secondary N) is 1. The Morgan fingerprint density at radius 1 is 1.18 bits per heavy atom. The lowest BCUT2D eigenvalue weighted by atomic mass is 10.1. The molecule has 0 unspecified atom stereocenters. The van der Waals surface area contributed by atoms with Crippen LogP contribution in [0.15, 0.2) is 28.7 Å². The van der Waals surface area contributed by atoms with Crippen molar-refractivity contribution in [2.75, 3.05) is 7.05 Å². The molecular formula is C12H10F3NO. The second-order valence-electron chi connectivity index (χ2n) is 3.55. The molecular weight excluding hydrogens is 231 g/mol. The summed E-state index contributed by atoms with van der Waals surface area (Å²) < 4.78 is 44.7. The molecule has 0 fully saturated rings. The molecule has 1 heterocycles. The Labute approximate surface area is 96.1 Å². The van der Waals surface area contributed by atoms with Crippen molar-refractivity contribution in [2.24, 2.45) is 0 Å². The van der Waals surface area contributed by atoms with Gasteiger partial charge >= 0.3 is 0 Å². The molecule has 0 atom stereocenters. The molecule has 0 radical (unpaired) electrons. The van der Waals surface area contributed by atoms with E-state index in [1.165, 1.54) is 6.07 Å². The number of furan rings is 1. The van der Waals surface area contributed by atoms with Gasteiger partial charge < -0.3 is 9.73 Å². The van der Waals surface area contributed by atoms with Crippen molar-refractivity contribution in [3.63, 3.8) is 0 Å². The van der Waals surface area contributed by atoms with Crippen LogP contribution in [-0.4, -0.2) is 7.05 Å². The second kappa shape index (κ2) is 4.63. The lowest BCUT2D eigenvalue weighted by Crippen LogP contribution is -2.03. The number of hydrogen-bond donors (Lipinski definition) is 1. The zero-order chi connectivity index (χ0) is 12.4. The third-order valence-electron chi connectivity index (χ3n) is 2.27. The fourth-order valence-electron chi connectivity index (χ4n) is 1.53. The van der Waals surface area contributed by atoms with Gasteiger partial charge in [-0.1, -0.05) is 0 Å². The van der Waals surface area contributed by atoms with E-state index in [9.17, 15) is 13.2 Å². The molecule has 0 bridgehead atoms. The number of rotatable bonds is 3. The van der Waals surface area contributed by atoms with Crippen LogP contribution in [0.1, 0.15) is 5.76 Å². The van der Waals surface area contributed by atoms with Crippen LogP contribution in [0.2, 0.25) is 0 Å². The molecule has 0 aliphatic carbocycles. The minimum Gasteiger partial charge on any atom is -0.460 e. The highest BCUT2D eigenvalue weighted by atomic mass is 19.2. The third-order valence-corrected chi connectivity index (χ3v) is 2.27. The Bertz CT molecular complexity index is 537. The SMILES string of the molecule is CNCc1ccc(-c2cc(F)cc(F)c2F)o1. The molecule has 5 heteroatoms. The molecule has 0 aliphatic rings. The normalized spacial score (nSPS) is 10.8. The second-order valence-corrected chi connectivity index (χ2v) is 3.55. The van der Waals surface area contributed by atoms with Crippen molar-refractivity contribution >= 4 is 0 Å². The molecule has 0 aliphatic heterocycles. The van der Waals surface area contributed by atoms with Crippen LogP contribution in [0.4, 0.5) is 13.2 Å². The van der Waals surface area contributed by atoms with E-state index in [0.29, 0.717) is 18.4 Å². The summed E-state index contributed by atoms with van der Waals surface area (Å²) in [6, 6.07) is 4.49. The molecule has 2 nitrogen and oxygen atoms in total. The van der Waals surface area contributed by atoms with Crippen LogP contribution in [0.3, 0.4) is 0 Å². The van der Waals surface area contributed by atoms with Gasteiger partial charge in [0, 0.05) is 6.07 Å². The van der Waals surface area contributed by atoms with Crippen LogP contribution < -0.4 is 5.32 Å². The Morgan fingerprint density at radius 3 is 2.65 bits per heavy atom. The highest BCUT2D eigenvalue weighted by molar-refractivity contribution is 5.58. The van der Waals surface area contributed by atoms with Crippen molar-refractivity contribution in [3.05, 3.63) is 47.5 Å². The molecule has 2 aromatic rings. The summed E-state index contributed by atoms with van der Waals surface area (Å²) in [6.07, 6.45) is 0. The van der Waals surface area contributed by atoms with Crippen LogP contribution in [0.25, 0.3) is 11.3 Å². The average Bonchev–Trinajstić information content (AvgIpc) is 2.72. The summed E-state index contributed by atoms with van der Waals surface area (Å²) in [5, 5.41) is 2.85. The van der Waals surface area contributed by atoms with Gasteiger partial charge in [-0.05, 0) is 25.2 Å². The molecule has 0 saturated carbocycles. The average molecular weight is 241 g/mol. The van der Waals surface area contributed by atoms with Crippen molar-refractivity contribution in [3.8, 4) is 11.3 Å². The van der Waals surface area contributed by atoms with Gasteiger partial charge in [-0.25, -0.2) is 13.2 Å².